The van der Waals surface area contributed by atoms with Crippen LogP contribution in [-0.2, 0) is 5.41 Å². The van der Waals surface area contributed by atoms with E-state index in [1.807, 2.05) is 11.1 Å². The van der Waals surface area contributed by atoms with Crippen molar-refractivity contribution in [2.45, 2.75) is 39.0 Å². The van der Waals surface area contributed by atoms with Crippen molar-refractivity contribution < 1.29 is 9.32 Å². The van der Waals surface area contributed by atoms with Gasteiger partial charge < -0.3 is 9.42 Å². The summed E-state index contributed by atoms with van der Waals surface area (Å²) in [5.41, 5.74) is 0.483. The Morgan fingerprint density at radius 2 is 2.10 bits per heavy atom. The molecule has 1 fully saturated rings. The van der Waals surface area contributed by atoms with Crippen molar-refractivity contribution in [1.29, 1.82) is 0 Å². The molecule has 3 heterocycles. The molecule has 0 aliphatic carbocycles. The second-order valence-corrected chi connectivity index (χ2v) is 7.19. The number of rotatable bonds is 2. The van der Waals surface area contributed by atoms with Gasteiger partial charge in [-0.25, -0.2) is 4.98 Å². The standard InChI is InChI=1S/C15H19N3O2S/c1-10-8-12(17-20-10)13(19)18-6-4-15(3,5-7-18)14-16-9-11(2)21-14/h8-9H,4-7H2,1-3H3. The maximum Gasteiger partial charge on any atom is 0.276 e. The summed E-state index contributed by atoms with van der Waals surface area (Å²) in [6.07, 6.45) is 3.80. The topological polar surface area (TPSA) is 59.2 Å². The molecule has 0 unspecified atom stereocenters. The first-order chi connectivity index (χ1) is 9.98. The molecular weight excluding hydrogens is 286 g/mol. The maximum atomic E-state index is 12.4. The fraction of sp³-hybridized carbons (Fsp3) is 0.533. The number of thiazole rings is 1. The van der Waals surface area contributed by atoms with E-state index < -0.39 is 0 Å². The van der Waals surface area contributed by atoms with Crippen LogP contribution in [0.25, 0.3) is 0 Å². The monoisotopic (exact) mass is 305 g/mol. The van der Waals surface area contributed by atoms with E-state index in [-0.39, 0.29) is 11.3 Å². The molecule has 0 spiro atoms. The lowest BCUT2D eigenvalue weighted by Crippen LogP contribution is -2.44. The first-order valence-corrected chi connectivity index (χ1v) is 7.95. The van der Waals surface area contributed by atoms with Crippen LogP contribution in [0.4, 0.5) is 0 Å². The number of aromatic nitrogens is 2. The van der Waals surface area contributed by atoms with Gasteiger partial charge >= 0.3 is 0 Å². The average molecular weight is 305 g/mol. The van der Waals surface area contributed by atoms with Crippen LogP contribution in [0.2, 0.25) is 0 Å². The minimum Gasteiger partial charge on any atom is -0.361 e. The van der Waals surface area contributed by atoms with Crippen molar-refractivity contribution in [3.63, 3.8) is 0 Å². The fourth-order valence-corrected chi connectivity index (χ4v) is 3.65. The highest BCUT2D eigenvalue weighted by Gasteiger charge is 2.36. The number of likely N-dealkylation sites (tertiary alicyclic amines) is 1. The van der Waals surface area contributed by atoms with Crippen LogP contribution in [0.5, 0.6) is 0 Å². The van der Waals surface area contributed by atoms with Crippen LogP contribution in [0, 0.1) is 13.8 Å². The van der Waals surface area contributed by atoms with Gasteiger partial charge in [0.2, 0.25) is 0 Å². The molecule has 1 aliphatic heterocycles. The van der Waals surface area contributed by atoms with Crippen molar-refractivity contribution >= 4 is 17.2 Å². The summed E-state index contributed by atoms with van der Waals surface area (Å²) < 4.78 is 4.98. The highest BCUT2D eigenvalue weighted by molar-refractivity contribution is 7.11. The van der Waals surface area contributed by atoms with E-state index in [9.17, 15) is 4.79 Å². The third kappa shape index (κ3) is 2.72. The average Bonchev–Trinajstić information content (AvgIpc) is 3.08. The third-order valence-corrected chi connectivity index (χ3v) is 5.36. The molecule has 0 atom stereocenters. The molecular formula is C15H19N3O2S. The number of hydrogen-bond donors (Lipinski definition) is 0. The molecule has 3 rings (SSSR count). The van der Waals surface area contributed by atoms with Crippen LogP contribution in [0.3, 0.4) is 0 Å². The Hall–Kier alpha value is -1.69. The summed E-state index contributed by atoms with van der Waals surface area (Å²) >= 11 is 1.76. The van der Waals surface area contributed by atoms with Crippen molar-refractivity contribution in [3.8, 4) is 0 Å². The molecule has 112 valence electrons. The number of aryl methyl sites for hydroxylation is 2. The Morgan fingerprint density at radius 1 is 1.38 bits per heavy atom. The third-order valence-electron chi connectivity index (χ3n) is 4.14. The number of carbonyl (C=O) groups is 1. The molecule has 5 nitrogen and oxygen atoms in total. The highest BCUT2D eigenvalue weighted by Crippen LogP contribution is 2.37. The van der Waals surface area contributed by atoms with Gasteiger partial charge in [-0.05, 0) is 26.7 Å². The first kappa shape index (κ1) is 14.3. The molecule has 2 aromatic heterocycles. The molecule has 0 radical (unpaired) electrons. The Morgan fingerprint density at radius 3 is 2.62 bits per heavy atom. The number of nitrogens with zero attached hydrogens (tertiary/aromatic N) is 3. The molecule has 21 heavy (non-hydrogen) atoms. The largest absolute Gasteiger partial charge is 0.361 e. The lowest BCUT2D eigenvalue weighted by molar-refractivity contribution is 0.0665. The first-order valence-electron chi connectivity index (χ1n) is 7.13. The quantitative estimate of drug-likeness (QED) is 0.856. The zero-order valence-electron chi connectivity index (χ0n) is 12.5. The molecule has 1 amide bonds. The smallest absolute Gasteiger partial charge is 0.276 e. The van der Waals surface area contributed by atoms with Crippen molar-refractivity contribution in [2.24, 2.45) is 0 Å². The van der Waals surface area contributed by atoms with Gasteiger partial charge in [-0.3, -0.25) is 4.79 Å². The van der Waals surface area contributed by atoms with Crippen LogP contribution >= 0.6 is 11.3 Å². The molecule has 1 aliphatic rings. The van der Waals surface area contributed by atoms with Gasteiger partial charge in [-0.2, -0.15) is 0 Å². The zero-order valence-corrected chi connectivity index (χ0v) is 13.4. The van der Waals surface area contributed by atoms with E-state index in [2.05, 4.69) is 24.0 Å². The summed E-state index contributed by atoms with van der Waals surface area (Å²) in [4.78, 5) is 20.0. The van der Waals surface area contributed by atoms with Crippen LogP contribution in [-0.4, -0.2) is 34.0 Å². The Labute approximate surface area is 128 Å². The second-order valence-electron chi connectivity index (χ2n) is 5.95. The van der Waals surface area contributed by atoms with Crippen molar-refractivity contribution in [3.05, 3.63) is 33.6 Å². The van der Waals surface area contributed by atoms with Gasteiger partial charge in [0.25, 0.3) is 5.91 Å². The number of carbonyl (C=O) groups excluding carboxylic acids is 1. The van der Waals surface area contributed by atoms with E-state index in [4.69, 9.17) is 4.52 Å². The van der Waals surface area contributed by atoms with Crippen LogP contribution in [0.1, 0.15) is 45.9 Å². The SMILES string of the molecule is Cc1cc(C(=O)N2CCC(C)(c3ncc(C)s3)CC2)no1. The van der Waals surface area contributed by atoms with E-state index in [1.54, 1.807) is 24.3 Å². The van der Waals surface area contributed by atoms with Gasteiger partial charge in [0, 0.05) is 35.6 Å². The zero-order chi connectivity index (χ0) is 15.0. The Kier molecular flexibility index (Phi) is 3.57. The van der Waals surface area contributed by atoms with Crippen molar-refractivity contribution in [2.75, 3.05) is 13.1 Å². The number of amides is 1. The molecule has 0 bridgehead atoms. The summed E-state index contributed by atoms with van der Waals surface area (Å²) in [6.45, 7) is 7.59. The van der Waals surface area contributed by atoms with Gasteiger partial charge in [-0.1, -0.05) is 12.1 Å². The molecule has 1 saturated heterocycles. The van der Waals surface area contributed by atoms with Gasteiger partial charge in [0.05, 0.1) is 5.01 Å². The van der Waals surface area contributed by atoms with Gasteiger partial charge in [-0.15, -0.1) is 11.3 Å². The second kappa shape index (κ2) is 5.26. The normalized spacial score (nSPS) is 18.0. The predicted molar refractivity (Wildman–Crippen MR) is 80.6 cm³/mol. The van der Waals surface area contributed by atoms with E-state index in [1.165, 1.54) is 9.88 Å². The molecule has 2 aromatic rings. The summed E-state index contributed by atoms with van der Waals surface area (Å²) in [5.74, 6) is 0.627. The number of hydrogen-bond acceptors (Lipinski definition) is 5. The predicted octanol–water partition coefficient (Wildman–Crippen LogP) is 2.94. The lowest BCUT2D eigenvalue weighted by atomic mass is 9.81. The summed E-state index contributed by atoms with van der Waals surface area (Å²) in [6, 6.07) is 1.69. The van der Waals surface area contributed by atoms with Crippen molar-refractivity contribution in [1.82, 2.24) is 15.0 Å². The minimum atomic E-state index is -0.0378. The highest BCUT2D eigenvalue weighted by atomic mass is 32.1. The van der Waals surface area contributed by atoms with Gasteiger partial charge in [0.1, 0.15) is 5.76 Å². The van der Waals surface area contributed by atoms with E-state index in [0.29, 0.717) is 11.5 Å². The van der Waals surface area contributed by atoms with E-state index >= 15 is 0 Å². The Bertz CT molecular complexity index is 653. The fourth-order valence-electron chi connectivity index (χ4n) is 2.68. The molecule has 0 saturated carbocycles. The lowest BCUT2D eigenvalue weighted by Gasteiger charge is -2.37. The molecule has 0 N–H and O–H groups in total. The Balaban J connectivity index is 1.69. The summed E-state index contributed by atoms with van der Waals surface area (Å²) in [7, 11) is 0. The minimum absolute atomic E-state index is 0.0378. The van der Waals surface area contributed by atoms with Gasteiger partial charge in [0.15, 0.2) is 5.69 Å². The summed E-state index contributed by atoms with van der Waals surface area (Å²) in [5, 5.41) is 5.00. The van der Waals surface area contributed by atoms with Crippen LogP contribution < -0.4 is 0 Å². The molecule has 0 aromatic carbocycles. The van der Waals surface area contributed by atoms with E-state index in [0.717, 1.165) is 25.9 Å². The van der Waals surface area contributed by atoms with Crippen LogP contribution in [0.15, 0.2) is 16.8 Å². The maximum absolute atomic E-state index is 12.4. The molecule has 6 heteroatoms. The number of piperidine rings is 1.